The van der Waals surface area contributed by atoms with Gasteiger partial charge in [-0.05, 0) is 38.1 Å². The van der Waals surface area contributed by atoms with Crippen LogP contribution in [0.15, 0.2) is 18.2 Å². The molecule has 0 aliphatic carbocycles. The molecule has 0 saturated carbocycles. The molecule has 6 heteroatoms. The maximum Gasteiger partial charge on any atom is 0.260 e. The lowest BCUT2D eigenvalue weighted by Gasteiger charge is -2.31. The molecule has 0 unspecified atom stereocenters. The fourth-order valence-corrected chi connectivity index (χ4v) is 2.38. The Hall–Kier alpha value is -1.33. The molecule has 1 amide bonds. The second kappa shape index (κ2) is 6.90. The van der Waals surface area contributed by atoms with Crippen molar-refractivity contribution < 1.29 is 13.9 Å². The molecule has 1 heterocycles. The summed E-state index contributed by atoms with van der Waals surface area (Å²) in [4.78, 5) is 13.8. The smallest absolute Gasteiger partial charge is 0.260 e. The van der Waals surface area contributed by atoms with Crippen LogP contribution in [-0.4, -0.2) is 43.6 Å². The van der Waals surface area contributed by atoms with E-state index in [0.717, 1.165) is 25.9 Å². The third-order valence-corrected chi connectivity index (χ3v) is 3.79. The Labute approximate surface area is 122 Å². The summed E-state index contributed by atoms with van der Waals surface area (Å²) in [5, 5.41) is 3.25. The Kier molecular flexibility index (Phi) is 5.20. The highest BCUT2D eigenvalue weighted by molar-refractivity contribution is 6.30. The van der Waals surface area contributed by atoms with Crippen LogP contribution < -0.4 is 10.1 Å². The van der Waals surface area contributed by atoms with Gasteiger partial charge in [0, 0.05) is 19.2 Å². The topological polar surface area (TPSA) is 41.6 Å². The number of carbonyl (C=O) groups excluding carboxylic acids is 1. The van der Waals surface area contributed by atoms with Crippen molar-refractivity contribution in [2.24, 2.45) is 0 Å². The zero-order valence-electron chi connectivity index (χ0n) is 11.4. The molecule has 0 bridgehead atoms. The van der Waals surface area contributed by atoms with Gasteiger partial charge in [-0.1, -0.05) is 11.6 Å². The van der Waals surface area contributed by atoms with Crippen LogP contribution in [0.1, 0.15) is 12.8 Å². The average molecular weight is 301 g/mol. The van der Waals surface area contributed by atoms with Gasteiger partial charge in [0.2, 0.25) is 0 Å². The van der Waals surface area contributed by atoms with E-state index in [4.69, 9.17) is 16.3 Å². The number of halogens is 2. The van der Waals surface area contributed by atoms with E-state index >= 15 is 0 Å². The molecule has 1 aliphatic rings. The minimum Gasteiger partial charge on any atom is -0.484 e. The first-order valence-corrected chi connectivity index (χ1v) is 7.00. The van der Waals surface area contributed by atoms with Gasteiger partial charge in [0.05, 0.1) is 5.02 Å². The molecule has 4 nitrogen and oxygen atoms in total. The highest BCUT2D eigenvalue weighted by atomic mass is 35.5. The van der Waals surface area contributed by atoms with Crippen molar-refractivity contribution in [3.63, 3.8) is 0 Å². The molecule has 2 rings (SSSR count). The fourth-order valence-electron chi connectivity index (χ4n) is 2.21. The summed E-state index contributed by atoms with van der Waals surface area (Å²) < 4.78 is 18.4. The van der Waals surface area contributed by atoms with Crippen LogP contribution in [0.5, 0.6) is 5.75 Å². The highest BCUT2D eigenvalue weighted by Gasteiger charge is 2.22. The van der Waals surface area contributed by atoms with Crippen molar-refractivity contribution in [1.82, 2.24) is 10.2 Å². The monoisotopic (exact) mass is 300 g/mol. The second-order valence-corrected chi connectivity index (χ2v) is 5.26. The summed E-state index contributed by atoms with van der Waals surface area (Å²) in [6, 6.07) is 4.30. The van der Waals surface area contributed by atoms with Gasteiger partial charge in [-0.2, -0.15) is 0 Å². The molecule has 1 aromatic carbocycles. The SMILES string of the molecule is CN(C(=O)COc1ccc(F)c(Cl)c1)C1CCNCC1. The van der Waals surface area contributed by atoms with Crippen LogP contribution >= 0.6 is 11.6 Å². The highest BCUT2D eigenvalue weighted by Crippen LogP contribution is 2.21. The predicted octanol–water partition coefficient (Wildman–Crippen LogP) is 2.07. The molecule has 0 atom stereocenters. The number of rotatable bonds is 4. The van der Waals surface area contributed by atoms with E-state index in [1.807, 2.05) is 0 Å². The van der Waals surface area contributed by atoms with E-state index in [1.54, 1.807) is 11.9 Å². The zero-order chi connectivity index (χ0) is 14.5. The number of nitrogens with zero attached hydrogens (tertiary/aromatic N) is 1. The van der Waals surface area contributed by atoms with E-state index in [1.165, 1.54) is 18.2 Å². The summed E-state index contributed by atoms with van der Waals surface area (Å²) in [7, 11) is 1.79. The maximum atomic E-state index is 13.0. The number of amides is 1. The standard InChI is InChI=1S/C14H18ClFN2O2/c1-18(10-4-6-17-7-5-10)14(19)9-20-11-2-3-13(16)12(15)8-11/h2-3,8,10,17H,4-7,9H2,1H3. The second-order valence-electron chi connectivity index (χ2n) is 4.85. The minimum atomic E-state index is -0.503. The van der Waals surface area contributed by atoms with Crippen molar-refractivity contribution in [2.45, 2.75) is 18.9 Å². The molecule has 110 valence electrons. The molecule has 1 aromatic rings. The first-order valence-electron chi connectivity index (χ1n) is 6.62. The Balaban J connectivity index is 1.86. The third kappa shape index (κ3) is 3.84. The van der Waals surface area contributed by atoms with E-state index in [0.29, 0.717) is 5.75 Å². The molecule has 1 N–H and O–H groups in total. The lowest BCUT2D eigenvalue weighted by Crippen LogP contribution is -2.45. The van der Waals surface area contributed by atoms with Gasteiger partial charge in [-0.25, -0.2) is 4.39 Å². The van der Waals surface area contributed by atoms with Crippen molar-refractivity contribution in [1.29, 1.82) is 0 Å². The summed E-state index contributed by atoms with van der Waals surface area (Å²) >= 11 is 5.66. The summed E-state index contributed by atoms with van der Waals surface area (Å²) in [6.07, 6.45) is 1.90. The molecular weight excluding hydrogens is 283 g/mol. The average Bonchev–Trinajstić information content (AvgIpc) is 2.48. The van der Waals surface area contributed by atoms with Crippen LogP contribution in [0, 0.1) is 5.82 Å². The van der Waals surface area contributed by atoms with Crippen molar-refractivity contribution in [3.8, 4) is 5.75 Å². The van der Waals surface area contributed by atoms with Crippen LogP contribution in [0.3, 0.4) is 0 Å². The van der Waals surface area contributed by atoms with Gasteiger partial charge < -0.3 is 15.0 Å². The molecule has 1 saturated heterocycles. The Bertz CT molecular complexity index is 478. The van der Waals surface area contributed by atoms with Crippen LogP contribution in [0.25, 0.3) is 0 Å². The Morgan fingerprint density at radius 3 is 2.85 bits per heavy atom. The van der Waals surface area contributed by atoms with Crippen molar-refractivity contribution >= 4 is 17.5 Å². The molecular formula is C14H18ClFN2O2. The molecule has 0 spiro atoms. The third-order valence-electron chi connectivity index (χ3n) is 3.50. The summed E-state index contributed by atoms with van der Waals surface area (Å²) in [5.41, 5.74) is 0. The molecule has 0 radical (unpaired) electrons. The first-order chi connectivity index (χ1) is 9.58. The van der Waals surface area contributed by atoms with Crippen molar-refractivity contribution in [3.05, 3.63) is 29.0 Å². The summed E-state index contributed by atoms with van der Waals surface area (Å²) in [5.74, 6) is -0.196. The number of piperidine rings is 1. The predicted molar refractivity (Wildman–Crippen MR) is 75.6 cm³/mol. The number of hydrogen-bond donors (Lipinski definition) is 1. The van der Waals surface area contributed by atoms with Gasteiger partial charge in [0.1, 0.15) is 11.6 Å². The zero-order valence-corrected chi connectivity index (χ0v) is 12.1. The lowest BCUT2D eigenvalue weighted by molar-refractivity contribution is -0.134. The van der Waals surface area contributed by atoms with E-state index < -0.39 is 5.82 Å². The normalized spacial score (nSPS) is 15.9. The number of nitrogens with one attached hydrogen (secondary N) is 1. The van der Waals surface area contributed by atoms with Gasteiger partial charge in [-0.15, -0.1) is 0 Å². The summed E-state index contributed by atoms with van der Waals surface area (Å²) in [6.45, 7) is 1.79. The van der Waals surface area contributed by atoms with Gasteiger partial charge in [0.25, 0.3) is 5.91 Å². The van der Waals surface area contributed by atoms with E-state index in [2.05, 4.69) is 5.32 Å². The largest absolute Gasteiger partial charge is 0.484 e. The first kappa shape index (κ1) is 15.1. The van der Waals surface area contributed by atoms with Crippen LogP contribution in [0.2, 0.25) is 5.02 Å². The Morgan fingerprint density at radius 1 is 1.50 bits per heavy atom. The molecule has 0 aromatic heterocycles. The van der Waals surface area contributed by atoms with Gasteiger partial charge in [0.15, 0.2) is 6.61 Å². The van der Waals surface area contributed by atoms with Crippen LogP contribution in [0.4, 0.5) is 4.39 Å². The van der Waals surface area contributed by atoms with Crippen molar-refractivity contribution in [2.75, 3.05) is 26.7 Å². The maximum absolute atomic E-state index is 13.0. The number of likely N-dealkylation sites (N-methyl/N-ethyl adjacent to an activating group) is 1. The lowest BCUT2D eigenvalue weighted by atomic mass is 10.1. The molecule has 1 fully saturated rings. The number of hydrogen-bond acceptors (Lipinski definition) is 3. The van der Waals surface area contributed by atoms with Gasteiger partial charge in [-0.3, -0.25) is 4.79 Å². The van der Waals surface area contributed by atoms with E-state index in [-0.39, 0.29) is 23.6 Å². The molecule has 20 heavy (non-hydrogen) atoms. The number of benzene rings is 1. The minimum absolute atomic E-state index is 0.0124. The van der Waals surface area contributed by atoms with Gasteiger partial charge >= 0.3 is 0 Å². The molecule has 1 aliphatic heterocycles. The van der Waals surface area contributed by atoms with E-state index in [9.17, 15) is 9.18 Å². The fraction of sp³-hybridized carbons (Fsp3) is 0.500. The number of ether oxygens (including phenoxy) is 1. The Morgan fingerprint density at radius 2 is 2.20 bits per heavy atom. The number of carbonyl (C=O) groups is 1. The quantitative estimate of drug-likeness (QED) is 0.925. The van der Waals surface area contributed by atoms with Crippen LogP contribution in [-0.2, 0) is 4.79 Å².